The summed E-state index contributed by atoms with van der Waals surface area (Å²) in [5.74, 6) is -1.58. The van der Waals surface area contributed by atoms with Crippen LogP contribution in [0.4, 0.5) is 4.39 Å². The van der Waals surface area contributed by atoms with E-state index in [2.05, 4.69) is 10.4 Å². The lowest BCUT2D eigenvalue weighted by Crippen LogP contribution is -2.51. The molecule has 1 heterocycles. The first-order chi connectivity index (χ1) is 17.3. The van der Waals surface area contributed by atoms with E-state index in [0.29, 0.717) is 35.6 Å². The predicted molar refractivity (Wildman–Crippen MR) is 132 cm³/mol. The van der Waals surface area contributed by atoms with Gasteiger partial charge in [-0.1, -0.05) is 41.9 Å². The largest absolute Gasteiger partial charge is 0.393 e. The zero-order valence-electron chi connectivity index (χ0n) is 19.4. The fraction of sp³-hybridized carbons (Fsp3) is 0.360. The zero-order chi connectivity index (χ0) is 25.8. The van der Waals surface area contributed by atoms with Gasteiger partial charge in [0.2, 0.25) is 5.91 Å². The number of nitrogens with one attached hydrogen (secondary N) is 1. The summed E-state index contributed by atoms with van der Waals surface area (Å²) in [7, 11) is 0. The Morgan fingerprint density at radius 1 is 1.28 bits per heavy atom. The minimum atomic E-state index is -0.838. The van der Waals surface area contributed by atoms with Crippen LogP contribution < -0.4 is 11.1 Å². The molecular formula is C25H27ClFN5O4. The molecule has 1 aliphatic rings. The molecule has 11 heteroatoms. The summed E-state index contributed by atoms with van der Waals surface area (Å²) in [6, 6.07) is 10.8. The van der Waals surface area contributed by atoms with Gasteiger partial charge in [-0.3, -0.25) is 14.3 Å². The Bertz CT molecular complexity index is 1280. The van der Waals surface area contributed by atoms with Crippen LogP contribution in [0.5, 0.6) is 0 Å². The molecule has 0 saturated heterocycles. The summed E-state index contributed by atoms with van der Waals surface area (Å²) in [6.07, 6.45) is 1.32. The van der Waals surface area contributed by atoms with E-state index >= 15 is 0 Å². The second-order valence-corrected chi connectivity index (χ2v) is 9.38. The number of rotatable bonds is 11. The van der Waals surface area contributed by atoms with Crippen LogP contribution in [0.15, 0.2) is 42.5 Å². The van der Waals surface area contributed by atoms with Crippen molar-refractivity contribution in [2.45, 2.75) is 38.1 Å². The van der Waals surface area contributed by atoms with E-state index in [-0.39, 0.29) is 48.7 Å². The van der Waals surface area contributed by atoms with Crippen molar-refractivity contribution in [2.75, 3.05) is 13.1 Å². The van der Waals surface area contributed by atoms with Crippen LogP contribution in [0.1, 0.15) is 28.9 Å². The van der Waals surface area contributed by atoms with Crippen molar-refractivity contribution in [3.05, 3.63) is 64.6 Å². The molecule has 190 valence electrons. The van der Waals surface area contributed by atoms with Crippen molar-refractivity contribution >= 4 is 40.6 Å². The monoisotopic (exact) mass is 515 g/mol. The average Bonchev–Trinajstić information content (AvgIpc) is 3.20. The molecule has 9 nitrogen and oxygen atoms in total. The van der Waals surface area contributed by atoms with Crippen LogP contribution in [0.2, 0.25) is 5.02 Å². The zero-order valence-corrected chi connectivity index (χ0v) is 20.2. The molecule has 1 saturated carbocycles. The van der Waals surface area contributed by atoms with Gasteiger partial charge in [0.05, 0.1) is 22.7 Å². The fourth-order valence-corrected chi connectivity index (χ4v) is 4.66. The normalized spacial score (nSPS) is 18.0. The van der Waals surface area contributed by atoms with E-state index in [4.69, 9.17) is 17.3 Å². The number of aliphatic hydroxyl groups excluding tert-OH is 1. The van der Waals surface area contributed by atoms with Crippen LogP contribution in [-0.4, -0.2) is 63.1 Å². The number of aromatic nitrogens is 2. The Kier molecular flexibility index (Phi) is 7.97. The number of amides is 2. The highest BCUT2D eigenvalue weighted by Gasteiger charge is 2.33. The van der Waals surface area contributed by atoms with Gasteiger partial charge in [-0.25, -0.2) is 4.39 Å². The lowest BCUT2D eigenvalue weighted by molar-refractivity contribution is -0.139. The molecule has 0 spiro atoms. The van der Waals surface area contributed by atoms with Crippen molar-refractivity contribution in [2.24, 2.45) is 11.7 Å². The third-order valence-corrected chi connectivity index (χ3v) is 6.71. The number of primary amides is 1. The van der Waals surface area contributed by atoms with Gasteiger partial charge in [-0.05, 0) is 30.9 Å². The van der Waals surface area contributed by atoms with Gasteiger partial charge < -0.3 is 25.9 Å². The smallest absolute Gasteiger partial charge is 0.269 e. The number of nitrogens with zero attached hydrogens (tertiary/aromatic N) is 3. The second kappa shape index (κ2) is 11.2. The molecule has 2 aromatic carbocycles. The van der Waals surface area contributed by atoms with E-state index in [1.54, 1.807) is 36.4 Å². The SMILES string of the molecule is NC(=O)c1nn(CC(=O)N(C[C@H]2C[C@H](O)C2)C(C=O)CNCc2cccc(Cl)c2F)c2ccccc12. The summed E-state index contributed by atoms with van der Waals surface area (Å²) in [5.41, 5.74) is 6.42. The maximum absolute atomic E-state index is 14.2. The third kappa shape index (κ3) is 5.56. The Labute approximate surface area is 212 Å². The van der Waals surface area contributed by atoms with E-state index in [9.17, 15) is 23.9 Å². The van der Waals surface area contributed by atoms with Crippen molar-refractivity contribution in [3.8, 4) is 0 Å². The minimum Gasteiger partial charge on any atom is -0.393 e. The van der Waals surface area contributed by atoms with Crippen molar-refractivity contribution in [1.29, 1.82) is 0 Å². The average molecular weight is 516 g/mol. The number of halogens is 2. The highest BCUT2D eigenvalue weighted by atomic mass is 35.5. The van der Waals surface area contributed by atoms with E-state index in [0.717, 1.165) is 0 Å². The number of aldehydes is 1. The molecule has 4 N–H and O–H groups in total. The van der Waals surface area contributed by atoms with Crippen LogP contribution in [-0.2, 0) is 22.7 Å². The van der Waals surface area contributed by atoms with E-state index in [1.165, 1.54) is 15.6 Å². The highest BCUT2D eigenvalue weighted by molar-refractivity contribution is 6.30. The molecule has 1 unspecified atom stereocenters. The molecule has 0 radical (unpaired) electrons. The number of hydrogen-bond acceptors (Lipinski definition) is 6. The Hall–Kier alpha value is -3.34. The molecule has 36 heavy (non-hydrogen) atoms. The van der Waals surface area contributed by atoms with Crippen LogP contribution >= 0.6 is 11.6 Å². The molecule has 0 aliphatic heterocycles. The number of para-hydroxylation sites is 1. The lowest BCUT2D eigenvalue weighted by Gasteiger charge is -2.38. The second-order valence-electron chi connectivity index (χ2n) is 8.97. The Morgan fingerprint density at radius 2 is 2.03 bits per heavy atom. The van der Waals surface area contributed by atoms with Crippen LogP contribution in [0.3, 0.4) is 0 Å². The standard InChI is InChI=1S/C25H27ClFN5O4/c26-20-6-3-4-16(23(20)27)10-29-11-17(14-33)31(12-15-8-18(34)9-15)22(35)13-32-21-7-2-1-5-19(21)24(30-32)25(28)36/h1-7,14-15,17-18,29,34H,8-13H2,(H2,28,36)/t15-,17?,18-. The molecule has 4 rings (SSSR count). The summed E-state index contributed by atoms with van der Waals surface area (Å²) in [6.45, 7) is 0.264. The first-order valence-corrected chi connectivity index (χ1v) is 12.0. The third-order valence-electron chi connectivity index (χ3n) is 6.42. The highest BCUT2D eigenvalue weighted by Crippen LogP contribution is 2.29. The van der Waals surface area contributed by atoms with Gasteiger partial charge in [0.15, 0.2) is 5.69 Å². The molecule has 0 bridgehead atoms. The molecule has 3 aromatic rings. The van der Waals surface area contributed by atoms with Crippen molar-refractivity contribution in [3.63, 3.8) is 0 Å². The number of hydrogen-bond donors (Lipinski definition) is 3. The number of carbonyl (C=O) groups is 3. The van der Waals surface area contributed by atoms with Crippen LogP contribution in [0, 0.1) is 11.7 Å². The molecule has 2 amide bonds. The molecule has 1 fully saturated rings. The Morgan fingerprint density at radius 3 is 2.72 bits per heavy atom. The van der Waals surface area contributed by atoms with Gasteiger partial charge in [0.25, 0.3) is 5.91 Å². The van der Waals surface area contributed by atoms with E-state index < -0.39 is 23.9 Å². The summed E-state index contributed by atoms with van der Waals surface area (Å²) in [5, 5.41) is 17.5. The number of fused-ring (bicyclic) bond motifs is 1. The minimum absolute atomic E-state index is 0.00311. The van der Waals surface area contributed by atoms with Gasteiger partial charge in [0.1, 0.15) is 18.6 Å². The van der Waals surface area contributed by atoms with E-state index in [1.807, 2.05) is 0 Å². The first-order valence-electron chi connectivity index (χ1n) is 11.6. The number of benzene rings is 2. The molecule has 1 aliphatic carbocycles. The number of aliphatic hydroxyl groups is 1. The number of carbonyl (C=O) groups excluding carboxylic acids is 3. The topological polar surface area (TPSA) is 131 Å². The summed E-state index contributed by atoms with van der Waals surface area (Å²) < 4.78 is 15.6. The van der Waals surface area contributed by atoms with Gasteiger partial charge in [-0.15, -0.1) is 0 Å². The first kappa shape index (κ1) is 25.7. The maximum Gasteiger partial charge on any atom is 0.269 e. The van der Waals surface area contributed by atoms with Gasteiger partial charge in [-0.2, -0.15) is 5.10 Å². The molecular weight excluding hydrogens is 489 g/mol. The van der Waals surface area contributed by atoms with Crippen LogP contribution in [0.25, 0.3) is 10.9 Å². The quantitative estimate of drug-likeness (QED) is 0.334. The lowest BCUT2D eigenvalue weighted by atomic mass is 9.82. The predicted octanol–water partition coefficient (Wildman–Crippen LogP) is 1.88. The fourth-order valence-electron chi connectivity index (χ4n) is 4.47. The maximum atomic E-state index is 14.2. The summed E-state index contributed by atoms with van der Waals surface area (Å²) >= 11 is 5.84. The molecule has 1 atom stereocenters. The van der Waals surface area contributed by atoms with Crippen molar-refractivity contribution < 1.29 is 23.9 Å². The van der Waals surface area contributed by atoms with Gasteiger partial charge >= 0.3 is 0 Å². The molecule has 1 aromatic heterocycles. The van der Waals surface area contributed by atoms with Gasteiger partial charge in [0, 0.05) is 30.6 Å². The van der Waals surface area contributed by atoms with Crippen molar-refractivity contribution in [1.82, 2.24) is 20.0 Å². The Balaban J connectivity index is 1.52. The number of nitrogens with two attached hydrogens (primary N) is 1. The summed E-state index contributed by atoms with van der Waals surface area (Å²) in [4.78, 5) is 38.8.